The van der Waals surface area contributed by atoms with E-state index < -0.39 is 0 Å². The van der Waals surface area contributed by atoms with Gasteiger partial charge in [0, 0.05) is 25.3 Å². The number of nitrogens with one attached hydrogen (secondary N) is 1. The van der Waals surface area contributed by atoms with E-state index >= 15 is 0 Å². The minimum absolute atomic E-state index is 0.0594. The first-order valence-corrected chi connectivity index (χ1v) is 6.96. The van der Waals surface area contributed by atoms with Crippen LogP contribution in [0.15, 0.2) is 24.3 Å². The zero-order chi connectivity index (χ0) is 13.3. The molecule has 1 unspecified atom stereocenters. The van der Waals surface area contributed by atoms with E-state index in [1.807, 2.05) is 14.1 Å². The molecule has 19 heavy (non-hydrogen) atoms. The summed E-state index contributed by atoms with van der Waals surface area (Å²) >= 11 is 0. The van der Waals surface area contributed by atoms with Gasteiger partial charge in [-0.15, -0.1) is 0 Å². The van der Waals surface area contributed by atoms with Gasteiger partial charge in [0.2, 0.25) is 0 Å². The van der Waals surface area contributed by atoms with Crippen molar-refractivity contribution in [2.24, 2.45) is 0 Å². The molecule has 1 atom stereocenters. The Morgan fingerprint density at radius 1 is 1.16 bits per heavy atom. The van der Waals surface area contributed by atoms with Gasteiger partial charge >= 0.3 is 0 Å². The molecule has 0 aliphatic carbocycles. The monoisotopic (exact) mass is 262 g/mol. The topological polar surface area (TPSA) is 33.7 Å². The van der Waals surface area contributed by atoms with Crippen LogP contribution in [0.25, 0.3) is 0 Å². The molecule has 4 nitrogen and oxygen atoms in total. The quantitative estimate of drug-likeness (QED) is 0.883. The third-order valence-corrected chi connectivity index (χ3v) is 4.05. The van der Waals surface area contributed by atoms with E-state index in [1.54, 1.807) is 0 Å². The summed E-state index contributed by atoms with van der Waals surface area (Å²) in [6.07, 6.45) is 1.88. The third kappa shape index (κ3) is 2.61. The van der Waals surface area contributed by atoms with Crippen molar-refractivity contribution in [3.63, 3.8) is 0 Å². The highest BCUT2D eigenvalue weighted by Crippen LogP contribution is 2.38. The Labute approximate surface area is 114 Å². The first-order chi connectivity index (χ1) is 9.19. The van der Waals surface area contributed by atoms with E-state index in [4.69, 9.17) is 9.47 Å². The van der Waals surface area contributed by atoms with Gasteiger partial charge in [-0.2, -0.15) is 0 Å². The van der Waals surface area contributed by atoms with Crippen LogP contribution in [0.1, 0.15) is 24.7 Å². The number of rotatable bonds is 2. The second kappa shape index (κ2) is 5.12. The van der Waals surface area contributed by atoms with E-state index in [2.05, 4.69) is 34.5 Å². The number of ether oxygens (including phenoxy) is 2. The van der Waals surface area contributed by atoms with Crippen molar-refractivity contribution in [2.45, 2.75) is 24.7 Å². The zero-order valence-electron chi connectivity index (χ0n) is 11.7. The molecule has 0 amide bonds. The van der Waals surface area contributed by atoms with Gasteiger partial charge in [-0.3, -0.25) is 0 Å². The van der Waals surface area contributed by atoms with Crippen molar-refractivity contribution >= 4 is 5.69 Å². The molecule has 0 saturated carbocycles. The molecule has 2 aliphatic heterocycles. The summed E-state index contributed by atoms with van der Waals surface area (Å²) in [6, 6.07) is 8.41. The molecule has 2 fully saturated rings. The molecule has 104 valence electrons. The van der Waals surface area contributed by atoms with E-state index in [0.717, 1.165) is 38.1 Å². The van der Waals surface area contributed by atoms with Crippen LogP contribution < -0.4 is 10.2 Å². The third-order valence-electron chi connectivity index (χ3n) is 4.05. The Bertz CT molecular complexity index is 424. The summed E-state index contributed by atoms with van der Waals surface area (Å²) in [6.45, 7) is 2.76. The highest BCUT2D eigenvalue weighted by Gasteiger charge is 2.42. The summed E-state index contributed by atoms with van der Waals surface area (Å²) in [7, 11) is 4.09. The van der Waals surface area contributed by atoms with Crippen LogP contribution in [-0.4, -0.2) is 39.4 Å². The van der Waals surface area contributed by atoms with E-state index in [1.165, 1.54) is 5.69 Å². The number of piperidine rings is 1. The molecule has 4 heteroatoms. The lowest BCUT2D eigenvalue weighted by molar-refractivity contribution is -0.101. The second-order valence-electron chi connectivity index (χ2n) is 5.68. The van der Waals surface area contributed by atoms with E-state index in [0.29, 0.717) is 0 Å². The summed E-state index contributed by atoms with van der Waals surface area (Å²) in [5, 5.41) is 3.37. The fourth-order valence-corrected chi connectivity index (χ4v) is 2.76. The second-order valence-corrected chi connectivity index (χ2v) is 5.68. The molecular formula is C15H22N2O2. The van der Waals surface area contributed by atoms with Gasteiger partial charge in [0.05, 0.1) is 12.2 Å². The minimum Gasteiger partial charge on any atom is -0.378 e. The maximum absolute atomic E-state index is 6.20. The van der Waals surface area contributed by atoms with Crippen LogP contribution >= 0.6 is 0 Å². The van der Waals surface area contributed by atoms with Gasteiger partial charge in [0.1, 0.15) is 0 Å². The Morgan fingerprint density at radius 2 is 1.84 bits per heavy atom. The fraction of sp³-hybridized carbons (Fsp3) is 0.600. The fourth-order valence-electron chi connectivity index (χ4n) is 2.76. The van der Waals surface area contributed by atoms with Gasteiger partial charge in [-0.05, 0) is 38.1 Å². The largest absolute Gasteiger partial charge is 0.378 e. The van der Waals surface area contributed by atoms with Crippen LogP contribution in [0.3, 0.4) is 0 Å². The highest BCUT2D eigenvalue weighted by molar-refractivity contribution is 5.46. The van der Waals surface area contributed by atoms with Crippen molar-refractivity contribution in [2.75, 3.05) is 38.7 Å². The standard InChI is InChI=1S/C15H22N2O2/c1-17(2)13-5-3-12(4-6-13)14-18-11-15(19-14)7-9-16-10-8-15/h3-6,14,16H,7-11H2,1-2H3. The maximum Gasteiger partial charge on any atom is 0.184 e. The van der Waals surface area contributed by atoms with Crippen molar-refractivity contribution in [1.82, 2.24) is 5.32 Å². The molecule has 0 bridgehead atoms. The van der Waals surface area contributed by atoms with Crippen LogP contribution in [0.5, 0.6) is 0 Å². The molecule has 1 aromatic carbocycles. The predicted octanol–water partition coefficient (Wildman–Crippen LogP) is 1.92. The van der Waals surface area contributed by atoms with Gasteiger partial charge < -0.3 is 19.7 Å². The van der Waals surface area contributed by atoms with Crippen LogP contribution in [0, 0.1) is 0 Å². The highest BCUT2D eigenvalue weighted by atomic mass is 16.7. The lowest BCUT2D eigenvalue weighted by Crippen LogP contribution is -2.43. The summed E-state index contributed by atoms with van der Waals surface area (Å²) in [5.74, 6) is 0. The first-order valence-electron chi connectivity index (χ1n) is 6.96. The molecule has 0 radical (unpaired) electrons. The molecule has 2 heterocycles. The number of anilines is 1. The van der Waals surface area contributed by atoms with Crippen molar-refractivity contribution in [3.05, 3.63) is 29.8 Å². The van der Waals surface area contributed by atoms with Gasteiger partial charge in [-0.1, -0.05) is 12.1 Å². The van der Waals surface area contributed by atoms with E-state index in [9.17, 15) is 0 Å². The van der Waals surface area contributed by atoms with E-state index in [-0.39, 0.29) is 11.9 Å². The Balaban J connectivity index is 1.70. The van der Waals surface area contributed by atoms with Crippen LogP contribution in [0.4, 0.5) is 5.69 Å². The van der Waals surface area contributed by atoms with Crippen molar-refractivity contribution < 1.29 is 9.47 Å². The molecule has 1 aromatic rings. The number of benzene rings is 1. The average molecular weight is 262 g/mol. The maximum atomic E-state index is 6.20. The minimum atomic E-state index is -0.200. The normalized spacial score (nSPS) is 25.7. The molecule has 1 spiro atoms. The molecule has 2 aliphatic rings. The summed E-state index contributed by atoms with van der Waals surface area (Å²) < 4.78 is 12.1. The zero-order valence-corrected chi connectivity index (χ0v) is 11.7. The number of hydrogen-bond acceptors (Lipinski definition) is 4. The average Bonchev–Trinajstić information content (AvgIpc) is 2.83. The molecule has 1 N–H and O–H groups in total. The SMILES string of the molecule is CN(C)c1ccc(C2OCC3(CCNCC3)O2)cc1. The number of hydrogen-bond donors (Lipinski definition) is 1. The first kappa shape index (κ1) is 12.9. The van der Waals surface area contributed by atoms with Crippen molar-refractivity contribution in [1.29, 1.82) is 0 Å². The molecule has 0 aromatic heterocycles. The Hall–Kier alpha value is -1.10. The predicted molar refractivity (Wildman–Crippen MR) is 75.4 cm³/mol. The Morgan fingerprint density at radius 3 is 2.47 bits per heavy atom. The molecule has 2 saturated heterocycles. The van der Waals surface area contributed by atoms with Gasteiger partial charge in [0.25, 0.3) is 0 Å². The van der Waals surface area contributed by atoms with Gasteiger partial charge in [-0.25, -0.2) is 0 Å². The Kier molecular flexibility index (Phi) is 3.48. The van der Waals surface area contributed by atoms with Crippen LogP contribution in [0.2, 0.25) is 0 Å². The lowest BCUT2D eigenvalue weighted by Gasteiger charge is -2.31. The number of nitrogens with zero attached hydrogens (tertiary/aromatic N) is 1. The smallest absolute Gasteiger partial charge is 0.184 e. The van der Waals surface area contributed by atoms with Crippen molar-refractivity contribution in [3.8, 4) is 0 Å². The lowest BCUT2D eigenvalue weighted by atomic mass is 9.94. The summed E-state index contributed by atoms with van der Waals surface area (Å²) in [5.41, 5.74) is 2.25. The molecule has 3 rings (SSSR count). The molecular weight excluding hydrogens is 240 g/mol. The van der Waals surface area contributed by atoms with Crippen LogP contribution in [-0.2, 0) is 9.47 Å². The van der Waals surface area contributed by atoms with Gasteiger partial charge in [0.15, 0.2) is 6.29 Å². The summed E-state index contributed by atoms with van der Waals surface area (Å²) in [4.78, 5) is 2.09.